The molecule has 0 saturated carbocycles. The highest BCUT2D eigenvalue weighted by Crippen LogP contribution is 2.52. The Hall–Kier alpha value is -6.06. The minimum Gasteiger partial charge on any atom is -0.292 e. The number of aromatic nitrogens is 3. The molecule has 0 aliphatic heterocycles. The number of para-hydroxylation sites is 1. The van der Waals surface area contributed by atoms with Crippen molar-refractivity contribution in [2.24, 2.45) is 0 Å². The molecule has 1 aliphatic carbocycles. The summed E-state index contributed by atoms with van der Waals surface area (Å²) in [4.78, 5) is 11.1. The molecule has 0 atom stereocenters. The zero-order valence-corrected chi connectivity index (χ0v) is 26.8. The Balaban J connectivity index is 1.35. The summed E-state index contributed by atoms with van der Waals surface area (Å²) in [6.45, 7) is 4.66. The van der Waals surface area contributed by atoms with Gasteiger partial charge in [0.15, 0.2) is 5.82 Å². The van der Waals surface area contributed by atoms with E-state index >= 15 is 0 Å². The summed E-state index contributed by atoms with van der Waals surface area (Å²) in [5, 5.41) is 4.84. The van der Waals surface area contributed by atoms with Gasteiger partial charge < -0.3 is 0 Å². The lowest BCUT2D eigenvalue weighted by atomic mass is 9.82. The Kier molecular flexibility index (Phi) is 5.63. The maximum absolute atomic E-state index is 5.58. The molecule has 1 aliphatic rings. The van der Waals surface area contributed by atoms with Crippen LogP contribution in [-0.4, -0.2) is 14.5 Å². The van der Waals surface area contributed by atoms with Crippen molar-refractivity contribution in [3.05, 3.63) is 163 Å². The van der Waals surface area contributed by atoms with Crippen LogP contribution in [0.4, 0.5) is 0 Å². The van der Waals surface area contributed by atoms with E-state index in [0.29, 0.717) is 0 Å². The van der Waals surface area contributed by atoms with Crippen LogP contribution < -0.4 is 0 Å². The maximum atomic E-state index is 5.58. The van der Waals surface area contributed by atoms with Gasteiger partial charge in [-0.2, -0.15) is 0 Å². The quantitative estimate of drug-likeness (QED) is 0.198. The zero-order chi connectivity index (χ0) is 32.0. The van der Waals surface area contributed by atoms with Crippen molar-refractivity contribution in [3.63, 3.8) is 0 Å². The fourth-order valence-electron chi connectivity index (χ4n) is 8.03. The highest BCUT2D eigenvalue weighted by Gasteiger charge is 2.37. The predicted molar refractivity (Wildman–Crippen MR) is 200 cm³/mol. The molecule has 0 spiro atoms. The fourth-order valence-corrected chi connectivity index (χ4v) is 8.03. The van der Waals surface area contributed by atoms with Crippen LogP contribution in [0.15, 0.2) is 152 Å². The first-order chi connectivity index (χ1) is 23.6. The van der Waals surface area contributed by atoms with Crippen molar-refractivity contribution in [3.8, 4) is 39.3 Å². The smallest absolute Gasteiger partial charge is 0.165 e. The number of nitrogens with zero attached hydrogens (tertiary/aromatic N) is 3. The Morgan fingerprint density at radius 3 is 2.06 bits per heavy atom. The lowest BCUT2D eigenvalue weighted by Gasteiger charge is -2.22. The van der Waals surface area contributed by atoms with E-state index in [4.69, 9.17) is 9.97 Å². The molecule has 2 heterocycles. The van der Waals surface area contributed by atoms with Gasteiger partial charge in [-0.25, -0.2) is 9.97 Å². The third-order valence-electron chi connectivity index (χ3n) is 10.4. The summed E-state index contributed by atoms with van der Waals surface area (Å²) in [6, 6.07) is 54.5. The molecule has 226 valence electrons. The van der Waals surface area contributed by atoms with Gasteiger partial charge in [-0.15, -0.1) is 0 Å². The number of benzene rings is 7. The van der Waals surface area contributed by atoms with Gasteiger partial charge in [0.25, 0.3) is 0 Å². The first-order valence-electron chi connectivity index (χ1n) is 16.6. The molecule has 48 heavy (non-hydrogen) atoms. The molecule has 3 heteroatoms. The van der Waals surface area contributed by atoms with Crippen LogP contribution in [0.3, 0.4) is 0 Å². The molecule has 0 radical (unpaired) electrons. The van der Waals surface area contributed by atoms with Gasteiger partial charge in [-0.05, 0) is 74.5 Å². The minimum absolute atomic E-state index is 0.122. The van der Waals surface area contributed by atoms with Gasteiger partial charge in [0.05, 0.1) is 22.1 Å². The number of hydrogen-bond donors (Lipinski definition) is 0. The van der Waals surface area contributed by atoms with Gasteiger partial charge in [-0.3, -0.25) is 4.57 Å². The lowest BCUT2D eigenvalue weighted by Crippen LogP contribution is -2.14. The van der Waals surface area contributed by atoms with Gasteiger partial charge in [0.2, 0.25) is 0 Å². The second-order valence-corrected chi connectivity index (χ2v) is 13.4. The molecule has 0 saturated heterocycles. The van der Waals surface area contributed by atoms with Crippen molar-refractivity contribution < 1.29 is 0 Å². The molecular formula is C45H31N3. The molecule has 0 unspecified atom stereocenters. The van der Waals surface area contributed by atoms with Crippen LogP contribution in [-0.2, 0) is 5.41 Å². The van der Waals surface area contributed by atoms with Crippen molar-refractivity contribution >= 4 is 43.6 Å². The van der Waals surface area contributed by atoms with Crippen molar-refractivity contribution in [1.29, 1.82) is 0 Å². The van der Waals surface area contributed by atoms with E-state index < -0.39 is 0 Å². The summed E-state index contributed by atoms with van der Waals surface area (Å²) >= 11 is 0. The van der Waals surface area contributed by atoms with E-state index in [-0.39, 0.29) is 5.41 Å². The van der Waals surface area contributed by atoms with Crippen LogP contribution in [0.1, 0.15) is 25.0 Å². The third kappa shape index (κ3) is 3.82. The second kappa shape index (κ2) is 9.97. The fraction of sp³-hybridized carbons (Fsp3) is 0.0667. The average molecular weight is 614 g/mol. The first kappa shape index (κ1) is 27.1. The largest absolute Gasteiger partial charge is 0.292 e. The van der Waals surface area contributed by atoms with Crippen LogP contribution in [0.2, 0.25) is 0 Å². The number of hydrogen-bond acceptors (Lipinski definition) is 2. The normalized spacial score (nSPS) is 13.4. The SMILES string of the molecule is CC1(C)c2ccccc2-c2c(-c3nc4ccc(-c5ccccc5)cc4nc3-n3c4ccccc4c4cc5ccccc5cc43)cccc21. The van der Waals surface area contributed by atoms with Crippen LogP contribution >= 0.6 is 0 Å². The van der Waals surface area contributed by atoms with Crippen LogP contribution in [0, 0.1) is 0 Å². The van der Waals surface area contributed by atoms with E-state index in [9.17, 15) is 0 Å². The molecule has 3 nitrogen and oxygen atoms in total. The Labute approximate surface area is 278 Å². The van der Waals surface area contributed by atoms with Crippen molar-refractivity contribution in [1.82, 2.24) is 14.5 Å². The molecule has 9 aromatic rings. The van der Waals surface area contributed by atoms with E-state index in [1.807, 2.05) is 0 Å². The minimum atomic E-state index is -0.122. The van der Waals surface area contributed by atoms with Crippen LogP contribution in [0.5, 0.6) is 0 Å². The van der Waals surface area contributed by atoms with Gasteiger partial charge in [-0.1, -0.05) is 135 Å². The molecule has 0 amide bonds. The lowest BCUT2D eigenvalue weighted by molar-refractivity contribution is 0.660. The third-order valence-corrected chi connectivity index (χ3v) is 10.4. The van der Waals surface area contributed by atoms with E-state index in [2.05, 4.69) is 170 Å². The Morgan fingerprint density at radius 2 is 1.19 bits per heavy atom. The molecule has 0 N–H and O–H groups in total. The van der Waals surface area contributed by atoms with Gasteiger partial charge >= 0.3 is 0 Å². The first-order valence-corrected chi connectivity index (χ1v) is 16.6. The standard InChI is InChI=1S/C45H31N3/c1-45(2)36-20-10-8-18-33(36)42-34(19-12-21-37(42)45)43-44(47-39-26-31(23-24-38(39)46-43)28-13-4-3-5-14-28)48-40-22-11-9-17-32(40)35-25-29-15-6-7-16-30(29)27-41(35)48/h3-27H,1-2H3. The summed E-state index contributed by atoms with van der Waals surface area (Å²) in [5.74, 6) is 0.838. The number of fused-ring (bicyclic) bond motifs is 8. The van der Waals surface area contributed by atoms with Crippen LogP contribution in [0.25, 0.3) is 82.9 Å². The molecule has 10 rings (SSSR count). The highest BCUT2D eigenvalue weighted by atomic mass is 15.1. The zero-order valence-electron chi connectivity index (χ0n) is 26.8. The summed E-state index contributed by atoms with van der Waals surface area (Å²) in [6.07, 6.45) is 0. The van der Waals surface area contributed by atoms with E-state index in [1.54, 1.807) is 0 Å². The van der Waals surface area contributed by atoms with Gasteiger partial charge in [0, 0.05) is 21.8 Å². The molecular weight excluding hydrogens is 583 g/mol. The molecule has 0 bridgehead atoms. The molecule has 7 aromatic carbocycles. The monoisotopic (exact) mass is 613 g/mol. The van der Waals surface area contributed by atoms with Gasteiger partial charge in [0.1, 0.15) is 5.69 Å². The Morgan fingerprint density at radius 1 is 0.479 bits per heavy atom. The number of rotatable bonds is 3. The summed E-state index contributed by atoms with van der Waals surface area (Å²) in [5.41, 5.74) is 13.3. The van der Waals surface area contributed by atoms with E-state index in [1.165, 1.54) is 43.8 Å². The molecule has 0 fully saturated rings. The maximum Gasteiger partial charge on any atom is 0.165 e. The summed E-state index contributed by atoms with van der Waals surface area (Å²) < 4.78 is 2.35. The van der Waals surface area contributed by atoms with Crippen molar-refractivity contribution in [2.75, 3.05) is 0 Å². The second-order valence-electron chi connectivity index (χ2n) is 13.4. The van der Waals surface area contributed by atoms with Crippen molar-refractivity contribution in [2.45, 2.75) is 19.3 Å². The predicted octanol–water partition coefficient (Wildman–Crippen LogP) is 11.5. The Bertz CT molecular complexity index is 2750. The highest BCUT2D eigenvalue weighted by molar-refractivity contribution is 6.14. The topological polar surface area (TPSA) is 30.7 Å². The average Bonchev–Trinajstić information content (AvgIpc) is 3.58. The van der Waals surface area contributed by atoms with E-state index in [0.717, 1.165) is 50.3 Å². The summed E-state index contributed by atoms with van der Waals surface area (Å²) in [7, 11) is 0. The molecule has 2 aromatic heterocycles.